The second-order valence-corrected chi connectivity index (χ2v) is 8.56. The zero-order valence-electron chi connectivity index (χ0n) is 16.8. The predicted molar refractivity (Wildman–Crippen MR) is 110 cm³/mol. The Bertz CT molecular complexity index is 685. The molecular formula is C20H31N3O4S. The highest BCUT2D eigenvalue weighted by molar-refractivity contribution is 7.17. The molecule has 2 heterocycles. The van der Waals surface area contributed by atoms with Gasteiger partial charge >= 0.3 is 5.97 Å². The van der Waals surface area contributed by atoms with E-state index in [1.54, 1.807) is 6.92 Å². The summed E-state index contributed by atoms with van der Waals surface area (Å²) in [5.41, 5.74) is 1.63. The minimum Gasteiger partial charge on any atom is -0.462 e. The molecule has 1 aliphatic heterocycles. The van der Waals surface area contributed by atoms with Gasteiger partial charge in [-0.3, -0.25) is 9.69 Å². The third kappa shape index (κ3) is 5.53. The van der Waals surface area contributed by atoms with Crippen LogP contribution in [0.25, 0.3) is 0 Å². The van der Waals surface area contributed by atoms with Crippen molar-refractivity contribution in [2.45, 2.75) is 33.1 Å². The van der Waals surface area contributed by atoms with E-state index >= 15 is 0 Å². The van der Waals surface area contributed by atoms with Crippen LogP contribution in [0.5, 0.6) is 0 Å². The average molecular weight is 410 g/mol. The van der Waals surface area contributed by atoms with E-state index in [-0.39, 0.29) is 18.4 Å². The molecule has 1 aliphatic carbocycles. The van der Waals surface area contributed by atoms with Crippen molar-refractivity contribution in [3.05, 3.63) is 16.0 Å². The van der Waals surface area contributed by atoms with E-state index in [0.29, 0.717) is 23.1 Å². The summed E-state index contributed by atoms with van der Waals surface area (Å²) in [5.74, 6) is 0.149. The highest BCUT2D eigenvalue weighted by Gasteiger charge is 2.29. The molecule has 1 saturated heterocycles. The second-order valence-electron chi connectivity index (χ2n) is 7.46. The summed E-state index contributed by atoms with van der Waals surface area (Å²) in [4.78, 5) is 28.4. The Morgan fingerprint density at radius 2 is 2.11 bits per heavy atom. The van der Waals surface area contributed by atoms with Gasteiger partial charge < -0.3 is 20.1 Å². The number of anilines is 1. The van der Waals surface area contributed by atoms with Gasteiger partial charge in [0, 0.05) is 31.1 Å². The number of morpholine rings is 1. The van der Waals surface area contributed by atoms with Gasteiger partial charge in [-0.25, -0.2) is 4.79 Å². The SMILES string of the molecule is CCOC(=O)c1c(NC(=O)CNCCN2CCOCC2)sc2c1CC[C@H](C)C2. The van der Waals surface area contributed by atoms with E-state index in [4.69, 9.17) is 9.47 Å². The van der Waals surface area contributed by atoms with Gasteiger partial charge in [0.25, 0.3) is 0 Å². The van der Waals surface area contributed by atoms with Gasteiger partial charge in [0.2, 0.25) is 5.91 Å². The maximum absolute atomic E-state index is 12.5. The monoisotopic (exact) mass is 409 g/mol. The van der Waals surface area contributed by atoms with Crippen molar-refractivity contribution < 1.29 is 19.1 Å². The van der Waals surface area contributed by atoms with Crippen LogP contribution in [0, 0.1) is 5.92 Å². The summed E-state index contributed by atoms with van der Waals surface area (Å²) < 4.78 is 10.6. The highest BCUT2D eigenvalue weighted by atomic mass is 32.1. The molecule has 0 saturated carbocycles. The number of fused-ring (bicyclic) bond motifs is 1. The standard InChI is InChI=1S/C20H31N3O4S/c1-3-27-20(25)18-15-5-4-14(2)12-16(15)28-19(18)22-17(24)13-21-6-7-23-8-10-26-11-9-23/h14,21H,3-13H2,1-2H3,(H,22,24)/t14-/m0/s1. The second kappa shape index (κ2) is 10.3. The summed E-state index contributed by atoms with van der Waals surface area (Å²) in [7, 11) is 0. The molecule has 1 aromatic rings. The molecule has 3 rings (SSSR count). The molecule has 1 aromatic heterocycles. The number of nitrogens with one attached hydrogen (secondary N) is 2. The van der Waals surface area contributed by atoms with Crippen LogP contribution < -0.4 is 10.6 Å². The summed E-state index contributed by atoms with van der Waals surface area (Å²) in [6.07, 6.45) is 2.89. The lowest BCUT2D eigenvalue weighted by atomic mass is 9.88. The Labute approximate surface area is 170 Å². The Kier molecular flexibility index (Phi) is 7.84. The zero-order valence-corrected chi connectivity index (χ0v) is 17.7. The van der Waals surface area contributed by atoms with Crippen molar-refractivity contribution in [1.82, 2.24) is 10.2 Å². The van der Waals surface area contributed by atoms with Crippen LogP contribution in [-0.2, 0) is 27.1 Å². The van der Waals surface area contributed by atoms with Crippen LogP contribution in [0.3, 0.4) is 0 Å². The molecule has 0 unspecified atom stereocenters. The van der Waals surface area contributed by atoms with Gasteiger partial charge in [-0.05, 0) is 37.7 Å². The van der Waals surface area contributed by atoms with Crippen molar-refractivity contribution in [2.24, 2.45) is 5.92 Å². The fraction of sp³-hybridized carbons (Fsp3) is 0.700. The fourth-order valence-electron chi connectivity index (χ4n) is 3.69. The quantitative estimate of drug-likeness (QED) is 0.504. The molecule has 7 nitrogen and oxygen atoms in total. The first-order valence-corrected chi connectivity index (χ1v) is 11.0. The van der Waals surface area contributed by atoms with E-state index in [2.05, 4.69) is 22.5 Å². The number of nitrogens with zero attached hydrogens (tertiary/aromatic N) is 1. The number of esters is 1. The minimum absolute atomic E-state index is 0.126. The molecule has 1 atom stereocenters. The number of ether oxygens (including phenoxy) is 2. The van der Waals surface area contributed by atoms with Crippen LogP contribution in [0.1, 0.15) is 41.1 Å². The van der Waals surface area contributed by atoms with Gasteiger partial charge in [0.05, 0.1) is 31.9 Å². The molecule has 2 aliphatic rings. The Morgan fingerprint density at radius 3 is 2.86 bits per heavy atom. The summed E-state index contributed by atoms with van der Waals surface area (Å²) in [5, 5.41) is 6.77. The molecule has 0 bridgehead atoms. The van der Waals surface area contributed by atoms with Gasteiger partial charge in [-0.2, -0.15) is 0 Å². The molecule has 156 valence electrons. The summed E-state index contributed by atoms with van der Waals surface area (Å²) in [6.45, 7) is 9.66. The van der Waals surface area contributed by atoms with E-state index in [0.717, 1.165) is 64.2 Å². The minimum atomic E-state index is -0.329. The lowest BCUT2D eigenvalue weighted by Crippen LogP contribution is -2.41. The van der Waals surface area contributed by atoms with Crippen LogP contribution in [0.4, 0.5) is 5.00 Å². The van der Waals surface area contributed by atoms with E-state index < -0.39 is 0 Å². The average Bonchev–Trinajstić information content (AvgIpc) is 3.03. The number of carbonyl (C=O) groups is 2. The summed E-state index contributed by atoms with van der Waals surface area (Å²) >= 11 is 1.53. The van der Waals surface area contributed by atoms with Gasteiger partial charge in [0.1, 0.15) is 5.00 Å². The lowest BCUT2D eigenvalue weighted by Gasteiger charge is -2.26. The number of amides is 1. The third-order valence-corrected chi connectivity index (χ3v) is 6.41. The van der Waals surface area contributed by atoms with Crippen LogP contribution in [0.15, 0.2) is 0 Å². The first-order valence-electron chi connectivity index (χ1n) is 10.2. The highest BCUT2D eigenvalue weighted by Crippen LogP contribution is 2.40. The van der Waals surface area contributed by atoms with Gasteiger partial charge in [-0.15, -0.1) is 11.3 Å². The Balaban J connectivity index is 1.56. The summed E-state index contributed by atoms with van der Waals surface area (Å²) in [6, 6.07) is 0. The molecule has 1 fully saturated rings. The van der Waals surface area contributed by atoms with Crippen LogP contribution in [-0.4, -0.2) is 69.3 Å². The van der Waals surface area contributed by atoms with Gasteiger partial charge in [-0.1, -0.05) is 6.92 Å². The number of hydrogen-bond donors (Lipinski definition) is 2. The third-order valence-electron chi connectivity index (χ3n) is 5.24. The Morgan fingerprint density at radius 1 is 1.32 bits per heavy atom. The van der Waals surface area contributed by atoms with Crippen molar-refractivity contribution in [2.75, 3.05) is 57.9 Å². The first-order chi connectivity index (χ1) is 13.6. The van der Waals surface area contributed by atoms with Gasteiger partial charge in [0.15, 0.2) is 0 Å². The number of rotatable bonds is 8. The maximum atomic E-state index is 12.5. The topological polar surface area (TPSA) is 79.9 Å². The van der Waals surface area contributed by atoms with Crippen LogP contribution >= 0.6 is 11.3 Å². The zero-order chi connectivity index (χ0) is 19.9. The normalized spacial score (nSPS) is 19.9. The van der Waals surface area contributed by atoms with Crippen molar-refractivity contribution in [3.8, 4) is 0 Å². The van der Waals surface area contributed by atoms with E-state index in [1.807, 2.05) is 0 Å². The lowest BCUT2D eigenvalue weighted by molar-refractivity contribution is -0.115. The number of carbonyl (C=O) groups excluding carboxylic acids is 2. The number of hydrogen-bond acceptors (Lipinski definition) is 7. The number of thiophene rings is 1. The van der Waals surface area contributed by atoms with E-state index in [9.17, 15) is 9.59 Å². The molecule has 28 heavy (non-hydrogen) atoms. The molecule has 8 heteroatoms. The molecule has 2 N–H and O–H groups in total. The molecule has 0 spiro atoms. The molecule has 0 aromatic carbocycles. The van der Waals surface area contributed by atoms with Crippen molar-refractivity contribution >= 4 is 28.2 Å². The largest absolute Gasteiger partial charge is 0.462 e. The maximum Gasteiger partial charge on any atom is 0.341 e. The van der Waals surface area contributed by atoms with Crippen molar-refractivity contribution in [1.29, 1.82) is 0 Å². The molecular weight excluding hydrogens is 378 g/mol. The molecule has 1 amide bonds. The van der Waals surface area contributed by atoms with E-state index in [1.165, 1.54) is 16.2 Å². The predicted octanol–water partition coefficient (Wildman–Crippen LogP) is 1.91. The first kappa shape index (κ1) is 21.2. The Hall–Kier alpha value is -1.48. The smallest absolute Gasteiger partial charge is 0.341 e. The molecule has 0 radical (unpaired) electrons. The van der Waals surface area contributed by atoms with Crippen LogP contribution in [0.2, 0.25) is 0 Å². The van der Waals surface area contributed by atoms with Crippen molar-refractivity contribution in [3.63, 3.8) is 0 Å². The fourth-order valence-corrected chi connectivity index (χ4v) is 5.11.